The van der Waals surface area contributed by atoms with Crippen LogP contribution < -0.4 is 0 Å². The van der Waals surface area contributed by atoms with Gasteiger partial charge in [0.15, 0.2) is 6.29 Å². The third kappa shape index (κ3) is 3.63. The van der Waals surface area contributed by atoms with Crippen molar-refractivity contribution in [3.63, 3.8) is 0 Å². The van der Waals surface area contributed by atoms with E-state index in [2.05, 4.69) is 13.8 Å². The topological polar surface area (TPSA) is 38.7 Å². The van der Waals surface area contributed by atoms with E-state index >= 15 is 0 Å². The van der Waals surface area contributed by atoms with Gasteiger partial charge in [0.2, 0.25) is 0 Å². The minimum Gasteiger partial charge on any atom is -0.396 e. The van der Waals surface area contributed by atoms with Crippen LogP contribution in [0.5, 0.6) is 0 Å². The molecule has 3 unspecified atom stereocenters. The van der Waals surface area contributed by atoms with E-state index < -0.39 is 0 Å². The zero-order valence-electron chi connectivity index (χ0n) is 8.53. The average molecular weight is 188 g/mol. The number of ether oxygens (including phenoxy) is 2. The molecule has 1 aliphatic heterocycles. The van der Waals surface area contributed by atoms with Crippen molar-refractivity contribution >= 4 is 0 Å². The van der Waals surface area contributed by atoms with Crippen molar-refractivity contribution in [2.24, 2.45) is 0 Å². The van der Waals surface area contributed by atoms with Gasteiger partial charge in [-0.1, -0.05) is 6.92 Å². The van der Waals surface area contributed by atoms with E-state index in [4.69, 9.17) is 14.6 Å². The van der Waals surface area contributed by atoms with Crippen LogP contribution in [-0.4, -0.2) is 30.2 Å². The molecule has 0 aromatic heterocycles. The molecule has 0 spiro atoms. The van der Waals surface area contributed by atoms with Crippen LogP contribution in [0.2, 0.25) is 0 Å². The van der Waals surface area contributed by atoms with Gasteiger partial charge in [0, 0.05) is 13.0 Å². The first-order valence-electron chi connectivity index (χ1n) is 5.18. The van der Waals surface area contributed by atoms with Crippen molar-refractivity contribution in [2.45, 2.75) is 58.0 Å². The molecule has 0 radical (unpaired) electrons. The molecule has 0 aliphatic carbocycles. The second kappa shape index (κ2) is 5.58. The van der Waals surface area contributed by atoms with Crippen molar-refractivity contribution in [3.05, 3.63) is 0 Å². The highest BCUT2D eigenvalue weighted by Gasteiger charge is 2.25. The first-order chi connectivity index (χ1) is 6.26. The highest BCUT2D eigenvalue weighted by atomic mass is 16.7. The van der Waals surface area contributed by atoms with E-state index in [1.165, 1.54) is 0 Å². The zero-order valence-corrected chi connectivity index (χ0v) is 8.53. The van der Waals surface area contributed by atoms with Crippen molar-refractivity contribution in [1.82, 2.24) is 0 Å². The lowest BCUT2D eigenvalue weighted by molar-refractivity contribution is -0.241. The molecule has 1 heterocycles. The molecule has 78 valence electrons. The number of aliphatic hydroxyl groups is 1. The Bertz CT molecular complexity index is 138. The summed E-state index contributed by atoms with van der Waals surface area (Å²) in [6.45, 7) is 4.43. The molecule has 0 aromatic carbocycles. The number of rotatable bonds is 4. The summed E-state index contributed by atoms with van der Waals surface area (Å²) >= 11 is 0. The molecule has 1 aliphatic rings. The normalized spacial score (nSPS) is 34.8. The minimum atomic E-state index is -0.0964. The van der Waals surface area contributed by atoms with E-state index in [-0.39, 0.29) is 12.9 Å². The molecule has 3 nitrogen and oxygen atoms in total. The standard InChI is InChI=1S/C10H20O3/c1-3-9-7-8(2)12-10(13-9)5-4-6-11/h8-11H,3-7H2,1-2H3. The Morgan fingerprint density at radius 1 is 1.38 bits per heavy atom. The number of aliphatic hydroxyl groups excluding tert-OH is 1. The molecule has 1 N–H and O–H groups in total. The minimum absolute atomic E-state index is 0.0964. The Kier molecular flexibility index (Phi) is 4.70. The van der Waals surface area contributed by atoms with Gasteiger partial charge in [-0.2, -0.15) is 0 Å². The van der Waals surface area contributed by atoms with Gasteiger partial charge in [0.1, 0.15) is 0 Å². The number of hydrogen-bond acceptors (Lipinski definition) is 3. The van der Waals surface area contributed by atoms with E-state index in [9.17, 15) is 0 Å². The lowest BCUT2D eigenvalue weighted by atomic mass is 10.1. The van der Waals surface area contributed by atoms with Gasteiger partial charge in [0.05, 0.1) is 12.2 Å². The summed E-state index contributed by atoms with van der Waals surface area (Å²) in [7, 11) is 0. The van der Waals surface area contributed by atoms with Gasteiger partial charge >= 0.3 is 0 Å². The van der Waals surface area contributed by atoms with Gasteiger partial charge < -0.3 is 14.6 Å². The SMILES string of the molecule is CCC1CC(C)OC(CCCO)O1. The maximum Gasteiger partial charge on any atom is 0.158 e. The second-order valence-corrected chi connectivity index (χ2v) is 3.64. The lowest BCUT2D eigenvalue weighted by Crippen LogP contribution is -2.36. The second-order valence-electron chi connectivity index (χ2n) is 3.64. The predicted molar refractivity (Wildman–Crippen MR) is 50.4 cm³/mol. The molecular formula is C10H20O3. The molecule has 0 aromatic rings. The molecular weight excluding hydrogens is 168 g/mol. The molecule has 0 amide bonds. The summed E-state index contributed by atoms with van der Waals surface area (Å²) in [5.41, 5.74) is 0. The summed E-state index contributed by atoms with van der Waals surface area (Å²) in [6, 6.07) is 0. The van der Waals surface area contributed by atoms with E-state index in [1.807, 2.05) is 0 Å². The fourth-order valence-electron chi connectivity index (χ4n) is 1.64. The largest absolute Gasteiger partial charge is 0.396 e. The van der Waals surface area contributed by atoms with Crippen LogP contribution in [0.3, 0.4) is 0 Å². The Morgan fingerprint density at radius 2 is 2.15 bits per heavy atom. The fourth-order valence-corrected chi connectivity index (χ4v) is 1.64. The van der Waals surface area contributed by atoms with Crippen LogP contribution in [0.1, 0.15) is 39.5 Å². The molecule has 1 saturated heterocycles. The number of hydrogen-bond donors (Lipinski definition) is 1. The third-order valence-electron chi connectivity index (χ3n) is 2.38. The quantitative estimate of drug-likeness (QED) is 0.729. The van der Waals surface area contributed by atoms with Crippen molar-refractivity contribution in [3.8, 4) is 0 Å². The zero-order chi connectivity index (χ0) is 9.68. The Balaban J connectivity index is 2.29. The van der Waals surface area contributed by atoms with Crippen LogP contribution in [0.25, 0.3) is 0 Å². The first kappa shape index (κ1) is 11.0. The fraction of sp³-hybridized carbons (Fsp3) is 1.00. The Hall–Kier alpha value is -0.120. The maximum atomic E-state index is 8.67. The summed E-state index contributed by atoms with van der Waals surface area (Å²) in [5, 5.41) is 8.67. The van der Waals surface area contributed by atoms with Crippen molar-refractivity contribution in [2.75, 3.05) is 6.61 Å². The van der Waals surface area contributed by atoms with Gasteiger partial charge in [-0.15, -0.1) is 0 Å². The monoisotopic (exact) mass is 188 g/mol. The van der Waals surface area contributed by atoms with E-state index in [0.717, 1.165) is 25.7 Å². The molecule has 0 bridgehead atoms. The third-order valence-corrected chi connectivity index (χ3v) is 2.38. The molecule has 0 saturated carbocycles. The highest BCUT2D eigenvalue weighted by molar-refractivity contribution is 4.68. The van der Waals surface area contributed by atoms with Gasteiger partial charge in [-0.25, -0.2) is 0 Å². The van der Waals surface area contributed by atoms with Crippen molar-refractivity contribution < 1.29 is 14.6 Å². The highest BCUT2D eigenvalue weighted by Crippen LogP contribution is 2.22. The van der Waals surface area contributed by atoms with Crippen molar-refractivity contribution in [1.29, 1.82) is 0 Å². The molecule has 1 rings (SSSR count). The van der Waals surface area contributed by atoms with E-state index in [0.29, 0.717) is 12.2 Å². The molecule has 3 heteroatoms. The average Bonchev–Trinajstić information content (AvgIpc) is 2.14. The Labute approximate surface area is 80.0 Å². The lowest BCUT2D eigenvalue weighted by Gasteiger charge is -2.33. The summed E-state index contributed by atoms with van der Waals surface area (Å²) in [4.78, 5) is 0. The molecule has 3 atom stereocenters. The first-order valence-corrected chi connectivity index (χ1v) is 5.18. The summed E-state index contributed by atoms with van der Waals surface area (Å²) in [5.74, 6) is 0. The smallest absolute Gasteiger partial charge is 0.158 e. The van der Waals surface area contributed by atoms with Crippen LogP contribution in [0.4, 0.5) is 0 Å². The molecule has 1 fully saturated rings. The van der Waals surface area contributed by atoms with E-state index in [1.54, 1.807) is 0 Å². The maximum absolute atomic E-state index is 8.67. The molecule has 13 heavy (non-hydrogen) atoms. The van der Waals surface area contributed by atoms with Gasteiger partial charge in [-0.05, 0) is 26.2 Å². The van der Waals surface area contributed by atoms with Crippen LogP contribution >= 0.6 is 0 Å². The Morgan fingerprint density at radius 3 is 2.77 bits per heavy atom. The van der Waals surface area contributed by atoms with Crippen LogP contribution in [0.15, 0.2) is 0 Å². The summed E-state index contributed by atoms with van der Waals surface area (Å²) < 4.78 is 11.3. The van der Waals surface area contributed by atoms with Gasteiger partial charge in [0.25, 0.3) is 0 Å². The summed E-state index contributed by atoms with van der Waals surface area (Å²) in [6.07, 6.45) is 4.14. The van der Waals surface area contributed by atoms with Crippen LogP contribution in [0, 0.1) is 0 Å². The predicted octanol–water partition coefficient (Wildman–Crippen LogP) is 1.69. The van der Waals surface area contributed by atoms with Gasteiger partial charge in [-0.3, -0.25) is 0 Å². The van der Waals surface area contributed by atoms with Crippen LogP contribution in [-0.2, 0) is 9.47 Å².